The van der Waals surface area contributed by atoms with Crippen LogP contribution in [0.25, 0.3) is 0 Å². The van der Waals surface area contributed by atoms with E-state index in [4.69, 9.17) is 0 Å². The molecule has 1 amide bonds. The van der Waals surface area contributed by atoms with Gasteiger partial charge < -0.3 is 5.32 Å². The van der Waals surface area contributed by atoms with Crippen molar-refractivity contribution in [1.29, 1.82) is 0 Å². The Morgan fingerprint density at radius 1 is 0.963 bits per heavy atom. The lowest BCUT2D eigenvalue weighted by Gasteiger charge is -2.33. The van der Waals surface area contributed by atoms with Crippen molar-refractivity contribution < 1.29 is 13.2 Å². The van der Waals surface area contributed by atoms with Crippen molar-refractivity contribution in [2.24, 2.45) is 0 Å². The lowest BCUT2D eigenvalue weighted by Crippen LogP contribution is -2.49. The van der Waals surface area contributed by atoms with Crippen LogP contribution in [0.1, 0.15) is 36.8 Å². The van der Waals surface area contributed by atoms with Crippen LogP contribution in [0.4, 0.5) is 5.69 Å². The normalized spacial score (nSPS) is 20.2. The summed E-state index contributed by atoms with van der Waals surface area (Å²) in [5.74, 6) is -0.243. The van der Waals surface area contributed by atoms with E-state index < -0.39 is 16.1 Å². The van der Waals surface area contributed by atoms with Gasteiger partial charge in [-0.2, -0.15) is 4.31 Å². The summed E-state index contributed by atoms with van der Waals surface area (Å²) >= 11 is 0. The van der Waals surface area contributed by atoms with E-state index in [-0.39, 0.29) is 10.8 Å². The Morgan fingerprint density at radius 2 is 1.74 bits per heavy atom. The molecule has 0 radical (unpaired) electrons. The highest BCUT2D eigenvalue weighted by atomic mass is 32.2. The Morgan fingerprint density at radius 3 is 2.56 bits per heavy atom. The van der Waals surface area contributed by atoms with Gasteiger partial charge in [0.2, 0.25) is 15.9 Å². The molecule has 1 aliphatic carbocycles. The lowest BCUT2D eigenvalue weighted by molar-refractivity contribution is -0.120. The van der Waals surface area contributed by atoms with E-state index in [0.29, 0.717) is 13.0 Å². The fraction of sp³-hybridized carbons (Fsp3) is 0.381. The molecule has 0 bridgehead atoms. The average molecular weight is 385 g/mol. The molecule has 1 heterocycles. The Labute approximate surface area is 160 Å². The van der Waals surface area contributed by atoms with E-state index in [0.717, 1.165) is 37.8 Å². The molecule has 6 heteroatoms. The highest BCUT2D eigenvalue weighted by Crippen LogP contribution is 2.28. The largest absolute Gasteiger partial charge is 0.325 e. The zero-order valence-corrected chi connectivity index (χ0v) is 16.0. The zero-order chi connectivity index (χ0) is 18.9. The van der Waals surface area contributed by atoms with Gasteiger partial charge in [0.1, 0.15) is 6.04 Å². The molecule has 5 nitrogen and oxygen atoms in total. The van der Waals surface area contributed by atoms with E-state index in [1.807, 2.05) is 12.1 Å². The average Bonchev–Trinajstić information content (AvgIpc) is 3.16. The molecule has 142 valence electrons. The number of benzene rings is 2. The number of sulfonamides is 1. The number of amides is 1. The molecular formula is C21H24N2O3S. The maximum absolute atomic E-state index is 13.1. The number of carbonyl (C=O) groups excluding carboxylic acids is 1. The first kappa shape index (κ1) is 18.2. The number of hydrogen-bond acceptors (Lipinski definition) is 3. The molecule has 1 N–H and O–H groups in total. The highest BCUT2D eigenvalue weighted by Gasteiger charge is 2.37. The number of piperidine rings is 1. The quantitative estimate of drug-likeness (QED) is 0.879. The summed E-state index contributed by atoms with van der Waals surface area (Å²) in [7, 11) is -3.69. The minimum atomic E-state index is -3.69. The van der Waals surface area contributed by atoms with Crippen LogP contribution < -0.4 is 5.32 Å². The minimum Gasteiger partial charge on any atom is -0.325 e. The molecule has 0 aromatic heterocycles. The van der Waals surface area contributed by atoms with E-state index in [9.17, 15) is 13.2 Å². The lowest BCUT2D eigenvalue weighted by atomic mass is 10.0. The van der Waals surface area contributed by atoms with Crippen molar-refractivity contribution in [3.63, 3.8) is 0 Å². The smallest absolute Gasteiger partial charge is 0.243 e. The molecule has 0 spiro atoms. The van der Waals surface area contributed by atoms with E-state index >= 15 is 0 Å². The SMILES string of the molecule is O=C(Nc1ccc2c(c1)CCC2)[C@H]1CCCCN1S(=O)(=O)c1ccccc1. The topological polar surface area (TPSA) is 66.5 Å². The molecule has 0 unspecified atom stereocenters. The van der Waals surface area contributed by atoms with Crippen molar-refractivity contribution in [2.45, 2.75) is 49.5 Å². The number of rotatable bonds is 4. The standard InChI is InChI=1S/C21H24N2O3S/c24-21(22-18-13-12-16-7-6-8-17(16)15-18)20-11-4-5-14-23(20)27(25,26)19-9-2-1-3-10-19/h1-3,9-10,12-13,15,20H,4-8,11,14H2,(H,22,24)/t20-/m1/s1. The third-order valence-electron chi connectivity index (χ3n) is 5.47. The van der Waals surface area contributed by atoms with Crippen LogP contribution >= 0.6 is 0 Å². The molecule has 2 aromatic rings. The first-order chi connectivity index (χ1) is 13.1. The number of nitrogens with zero attached hydrogens (tertiary/aromatic N) is 1. The van der Waals surface area contributed by atoms with Crippen LogP contribution in [-0.2, 0) is 27.7 Å². The maximum atomic E-state index is 13.1. The van der Waals surface area contributed by atoms with Crippen LogP contribution in [0, 0.1) is 0 Å². The number of anilines is 1. The van der Waals surface area contributed by atoms with Gasteiger partial charge in [-0.15, -0.1) is 0 Å². The van der Waals surface area contributed by atoms with Crippen LogP contribution in [0.2, 0.25) is 0 Å². The zero-order valence-electron chi connectivity index (χ0n) is 15.2. The number of carbonyl (C=O) groups is 1. The summed E-state index contributed by atoms with van der Waals surface area (Å²) in [6, 6.07) is 13.7. The second-order valence-corrected chi connectivity index (χ2v) is 9.16. The molecule has 1 fully saturated rings. The van der Waals surface area contributed by atoms with Crippen LogP contribution in [0.3, 0.4) is 0 Å². The number of aryl methyl sites for hydroxylation is 2. The summed E-state index contributed by atoms with van der Waals surface area (Å²) in [5.41, 5.74) is 3.38. The maximum Gasteiger partial charge on any atom is 0.243 e. The van der Waals surface area contributed by atoms with Gasteiger partial charge in [-0.05, 0) is 67.5 Å². The van der Waals surface area contributed by atoms with Gasteiger partial charge in [0.15, 0.2) is 0 Å². The van der Waals surface area contributed by atoms with Crippen molar-refractivity contribution in [3.05, 3.63) is 59.7 Å². The Bertz CT molecular complexity index is 941. The monoisotopic (exact) mass is 384 g/mol. The van der Waals surface area contributed by atoms with E-state index in [2.05, 4.69) is 11.4 Å². The van der Waals surface area contributed by atoms with Crippen molar-refractivity contribution in [1.82, 2.24) is 4.31 Å². The van der Waals surface area contributed by atoms with Crippen molar-refractivity contribution in [2.75, 3.05) is 11.9 Å². The Hall–Kier alpha value is -2.18. The van der Waals surface area contributed by atoms with Crippen LogP contribution in [-0.4, -0.2) is 31.2 Å². The molecule has 1 atom stereocenters. The second-order valence-electron chi connectivity index (χ2n) is 7.27. The molecule has 0 saturated carbocycles. The Balaban J connectivity index is 1.56. The summed E-state index contributed by atoms with van der Waals surface area (Å²) in [6.45, 7) is 0.375. The third kappa shape index (κ3) is 3.64. The third-order valence-corrected chi connectivity index (χ3v) is 7.39. The molecule has 4 rings (SSSR count). The Kier molecular flexibility index (Phi) is 5.02. The van der Waals surface area contributed by atoms with Gasteiger partial charge >= 0.3 is 0 Å². The van der Waals surface area contributed by atoms with Gasteiger partial charge in [-0.3, -0.25) is 4.79 Å². The fourth-order valence-corrected chi connectivity index (χ4v) is 5.74. The van der Waals surface area contributed by atoms with E-state index in [1.54, 1.807) is 30.3 Å². The van der Waals surface area contributed by atoms with Gasteiger partial charge in [-0.25, -0.2) is 8.42 Å². The number of nitrogens with one attached hydrogen (secondary N) is 1. The summed E-state index contributed by atoms with van der Waals surface area (Å²) in [4.78, 5) is 13.2. The molecule has 2 aliphatic rings. The molecule has 1 aliphatic heterocycles. The predicted octanol–water partition coefficient (Wildman–Crippen LogP) is 3.36. The predicted molar refractivity (Wildman–Crippen MR) is 105 cm³/mol. The number of hydrogen-bond donors (Lipinski definition) is 1. The van der Waals surface area contributed by atoms with Crippen molar-refractivity contribution in [3.8, 4) is 0 Å². The van der Waals surface area contributed by atoms with E-state index in [1.165, 1.54) is 15.4 Å². The minimum absolute atomic E-state index is 0.238. The van der Waals surface area contributed by atoms with Gasteiger partial charge in [0.05, 0.1) is 4.90 Å². The summed E-state index contributed by atoms with van der Waals surface area (Å²) in [5, 5.41) is 2.95. The first-order valence-electron chi connectivity index (χ1n) is 9.55. The van der Waals surface area contributed by atoms with Gasteiger partial charge in [0, 0.05) is 12.2 Å². The summed E-state index contributed by atoms with van der Waals surface area (Å²) in [6.07, 6.45) is 5.45. The molecule has 27 heavy (non-hydrogen) atoms. The first-order valence-corrected chi connectivity index (χ1v) is 11.0. The molecule has 2 aromatic carbocycles. The van der Waals surface area contributed by atoms with Gasteiger partial charge in [0.25, 0.3) is 0 Å². The van der Waals surface area contributed by atoms with Gasteiger partial charge in [-0.1, -0.05) is 30.7 Å². The second kappa shape index (κ2) is 7.44. The van der Waals surface area contributed by atoms with Crippen LogP contribution in [0.5, 0.6) is 0 Å². The highest BCUT2D eigenvalue weighted by molar-refractivity contribution is 7.89. The van der Waals surface area contributed by atoms with Crippen molar-refractivity contribution >= 4 is 21.6 Å². The summed E-state index contributed by atoms with van der Waals surface area (Å²) < 4.78 is 27.5. The number of fused-ring (bicyclic) bond motifs is 1. The fourth-order valence-electron chi connectivity index (χ4n) is 4.06. The molecule has 1 saturated heterocycles. The molecular weight excluding hydrogens is 360 g/mol. The van der Waals surface area contributed by atoms with Crippen LogP contribution in [0.15, 0.2) is 53.4 Å².